The Morgan fingerprint density at radius 1 is 1.19 bits per heavy atom. The molecule has 0 saturated carbocycles. The Morgan fingerprint density at radius 2 is 1.86 bits per heavy atom. The molecule has 21 heavy (non-hydrogen) atoms. The molecule has 0 fully saturated rings. The normalized spacial score (nSPS) is 11.0. The average Bonchev–Trinajstić information content (AvgIpc) is 2.49. The van der Waals surface area contributed by atoms with E-state index in [9.17, 15) is 8.78 Å². The van der Waals surface area contributed by atoms with Gasteiger partial charge in [-0.1, -0.05) is 37.6 Å². The van der Waals surface area contributed by atoms with Crippen molar-refractivity contribution in [1.29, 1.82) is 0 Å². The topological polar surface area (TPSA) is 37.8 Å². The van der Waals surface area contributed by atoms with Crippen LogP contribution in [0.3, 0.4) is 0 Å². The molecule has 0 saturated heterocycles. The minimum absolute atomic E-state index is 0.00637. The van der Waals surface area contributed by atoms with Gasteiger partial charge in [-0.25, -0.2) is 18.7 Å². The van der Waals surface area contributed by atoms with Crippen molar-refractivity contribution >= 4 is 28.4 Å². The Kier molecular flexibility index (Phi) is 5.44. The maximum absolute atomic E-state index is 12.6. The molecule has 1 aromatic carbocycles. The summed E-state index contributed by atoms with van der Waals surface area (Å²) in [6.07, 6.45) is -0.613. The van der Waals surface area contributed by atoms with E-state index in [1.807, 2.05) is 7.05 Å². The maximum atomic E-state index is 12.6. The van der Waals surface area contributed by atoms with Gasteiger partial charge in [-0.3, -0.25) is 0 Å². The van der Waals surface area contributed by atoms with Gasteiger partial charge in [0, 0.05) is 18.2 Å². The number of anilines is 1. The fourth-order valence-electron chi connectivity index (χ4n) is 1.97. The predicted octanol–water partition coefficient (Wildman–Crippen LogP) is 4.68. The highest BCUT2D eigenvalue weighted by Gasteiger charge is 2.13. The summed E-state index contributed by atoms with van der Waals surface area (Å²) in [5.41, 5.74) is 1.72. The van der Waals surface area contributed by atoms with Crippen LogP contribution in [-0.4, -0.2) is 17.0 Å². The molecule has 112 valence electrons. The van der Waals surface area contributed by atoms with Crippen LogP contribution in [0.2, 0.25) is 0 Å². The number of rotatable bonds is 5. The van der Waals surface area contributed by atoms with Crippen molar-refractivity contribution in [3.05, 3.63) is 39.1 Å². The molecule has 0 amide bonds. The zero-order valence-corrected chi connectivity index (χ0v) is 14.0. The van der Waals surface area contributed by atoms with Crippen LogP contribution >= 0.6 is 22.6 Å². The van der Waals surface area contributed by atoms with Gasteiger partial charge >= 0.3 is 0 Å². The first-order valence-electron chi connectivity index (χ1n) is 6.69. The summed E-state index contributed by atoms with van der Waals surface area (Å²) in [5.74, 6) is 1.33. The number of nitrogens with zero attached hydrogens (tertiary/aromatic N) is 2. The second-order valence-electron chi connectivity index (χ2n) is 4.58. The molecule has 1 N–H and O–H groups in total. The van der Waals surface area contributed by atoms with E-state index in [1.54, 1.807) is 12.1 Å². The van der Waals surface area contributed by atoms with Crippen molar-refractivity contribution in [3.63, 3.8) is 0 Å². The molecule has 0 bridgehead atoms. The van der Waals surface area contributed by atoms with Gasteiger partial charge in [0.15, 0.2) is 5.82 Å². The van der Waals surface area contributed by atoms with Gasteiger partial charge in [-0.15, -0.1) is 0 Å². The fraction of sp³-hybridized carbons (Fsp3) is 0.333. The van der Waals surface area contributed by atoms with Crippen LogP contribution in [0, 0.1) is 3.57 Å². The molecule has 2 rings (SSSR count). The number of halogens is 3. The molecule has 2 aromatic rings. The number of nitrogens with one attached hydrogen (secondary N) is 1. The van der Waals surface area contributed by atoms with Gasteiger partial charge < -0.3 is 5.32 Å². The smallest absolute Gasteiger partial charge is 0.263 e. The van der Waals surface area contributed by atoms with Gasteiger partial charge in [-0.05, 0) is 29.0 Å². The Balaban J connectivity index is 2.45. The Hall–Kier alpha value is -1.31. The number of aryl methyl sites for hydroxylation is 1. The molecule has 0 radical (unpaired) electrons. The van der Waals surface area contributed by atoms with E-state index in [0.717, 1.165) is 33.5 Å². The average molecular weight is 403 g/mol. The van der Waals surface area contributed by atoms with E-state index in [-0.39, 0.29) is 5.56 Å². The second-order valence-corrected chi connectivity index (χ2v) is 5.66. The zero-order valence-electron chi connectivity index (χ0n) is 11.8. The van der Waals surface area contributed by atoms with Crippen LogP contribution in [0.5, 0.6) is 0 Å². The third-order valence-corrected chi connectivity index (χ3v) is 4.20. The minimum Gasteiger partial charge on any atom is -0.372 e. The Bertz CT molecular complexity index is 615. The number of hydrogen-bond donors (Lipinski definition) is 1. The van der Waals surface area contributed by atoms with E-state index < -0.39 is 6.43 Å². The molecule has 3 nitrogen and oxygen atoms in total. The number of aromatic nitrogens is 2. The quantitative estimate of drug-likeness (QED) is 0.737. The van der Waals surface area contributed by atoms with Crippen LogP contribution in [0.25, 0.3) is 11.4 Å². The summed E-state index contributed by atoms with van der Waals surface area (Å²) in [5, 5.41) is 3.06. The number of alkyl halides is 2. The SMILES string of the molecule is CCCc1nc(-c2ccc(C(F)F)cc2)nc(NC)c1I. The van der Waals surface area contributed by atoms with Crippen molar-refractivity contribution in [2.75, 3.05) is 12.4 Å². The van der Waals surface area contributed by atoms with Crippen molar-refractivity contribution in [3.8, 4) is 11.4 Å². The third kappa shape index (κ3) is 3.66. The number of benzene rings is 1. The lowest BCUT2D eigenvalue weighted by atomic mass is 10.1. The van der Waals surface area contributed by atoms with Gasteiger partial charge in [0.05, 0.1) is 9.26 Å². The second kappa shape index (κ2) is 7.11. The summed E-state index contributed by atoms with van der Waals surface area (Å²) in [4.78, 5) is 9.03. The molecule has 0 atom stereocenters. The highest BCUT2D eigenvalue weighted by molar-refractivity contribution is 14.1. The largest absolute Gasteiger partial charge is 0.372 e. The van der Waals surface area contributed by atoms with Crippen molar-refractivity contribution in [2.24, 2.45) is 0 Å². The predicted molar refractivity (Wildman–Crippen MR) is 88.7 cm³/mol. The monoisotopic (exact) mass is 403 g/mol. The van der Waals surface area contributed by atoms with E-state index in [2.05, 4.69) is 44.8 Å². The van der Waals surface area contributed by atoms with Crippen LogP contribution in [0.1, 0.15) is 31.0 Å². The molecule has 6 heteroatoms. The molecular weight excluding hydrogens is 387 g/mol. The molecule has 0 spiro atoms. The van der Waals surface area contributed by atoms with E-state index in [0.29, 0.717) is 5.82 Å². The fourth-order valence-corrected chi connectivity index (χ4v) is 2.75. The van der Waals surface area contributed by atoms with Crippen LogP contribution in [-0.2, 0) is 6.42 Å². The molecule has 0 aliphatic carbocycles. The molecule has 0 aliphatic rings. The highest BCUT2D eigenvalue weighted by atomic mass is 127. The minimum atomic E-state index is -2.46. The van der Waals surface area contributed by atoms with E-state index in [1.165, 1.54) is 12.1 Å². The lowest BCUT2D eigenvalue weighted by Gasteiger charge is -2.11. The van der Waals surface area contributed by atoms with Crippen molar-refractivity contribution in [1.82, 2.24) is 9.97 Å². The Morgan fingerprint density at radius 3 is 2.38 bits per heavy atom. The summed E-state index contributed by atoms with van der Waals surface area (Å²) in [7, 11) is 1.81. The molecular formula is C15H16F2IN3. The van der Waals surface area contributed by atoms with Crippen molar-refractivity contribution in [2.45, 2.75) is 26.2 Å². The molecule has 0 unspecified atom stereocenters. The van der Waals surface area contributed by atoms with Gasteiger partial charge in [-0.2, -0.15) is 0 Å². The number of hydrogen-bond acceptors (Lipinski definition) is 3. The lowest BCUT2D eigenvalue weighted by molar-refractivity contribution is 0.151. The standard InChI is InChI=1S/C15H16F2IN3/c1-3-4-11-12(18)15(19-2)21-14(20-11)10-7-5-9(6-8-10)13(16)17/h5-8,13H,3-4H2,1-2H3,(H,19,20,21). The van der Waals surface area contributed by atoms with Gasteiger partial charge in [0.25, 0.3) is 6.43 Å². The molecule has 1 heterocycles. The summed E-state index contributed by atoms with van der Waals surface area (Å²) >= 11 is 2.23. The molecule has 1 aromatic heterocycles. The molecule has 0 aliphatic heterocycles. The van der Waals surface area contributed by atoms with Crippen LogP contribution in [0.4, 0.5) is 14.6 Å². The van der Waals surface area contributed by atoms with Crippen molar-refractivity contribution < 1.29 is 8.78 Å². The first-order chi connectivity index (χ1) is 10.1. The Labute approximate surface area is 136 Å². The van der Waals surface area contributed by atoms with E-state index in [4.69, 9.17) is 0 Å². The summed E-state index contributed by atoms with van der Waals surface area (Å²) < 4.78 is 26.2. The van der Waals surface area contributed by atoms with Gasteiger partial charge in [0.2, 0.25) is 0 Å². The summed E-state index contributed by atoms with van der Waals surface area (Å²) in [6.45, 7) is 2.09. The first kappa shape index (κ1) is 16.1. The lowest BCUT2D eigenvalue weighted by Crippen LogP contribution is -2.05. The zero-order chi connectivity index (χ0) is 15.4. The highest BCUT2D eigenvalue weighted by Crippen LogP contribution is 2.26. The summed E-state index contributed by atoms with van der Waals surface area (Å²) in [6, 6.07) is 6.11. The van der Waals surface area contributed by atoms with E-state index >= 15 is 0 Å². The van der Waals surface area contributed by atoms with Gasteiger partial charge in [0.1, 0.15) is 5.82 Å². The van der Waals surface area contributed by atoms with Crippen LogP contribution < -0.4 is 5.32 Å². The third-order valence-electron chi connectivity index (χ3n) is 3.06. The first-order valence-corrected chi connectivity index (χ1v) is 7.77. The van der Waals surface area contributed by atoms with Crippen LogP contribution in [0.15, 0.2) is 24.3 Å². The maximum Gasteiger partial charge on any atom is 0.263 e.